The zero-order chi connectivity index (χ0) is 11.3. The minimum absolute atomic E-state index is 0.440. The third kappa shape index (κ3) is 4.15. The number of likely N-dealkylation sites (tertiary alicyclic amines) is 1. The number of ether oxygens (including phenoxy) is 1. The predicted octanol–water partition coefficient (Wildman–Crippen LogP) is -0.243. The maximum absolute atomic E-state index is 10.6. The Morgan fingerprint density at radius 3 is 3.07 bits per heavy atom. The van der Waals surface area contributed by atoms with Gasteiger partial charge in [0, 0.05) is 20.2 Å². The van der Waals surface area contributed by atoms with Crippen molar-refractivity contribution in [1.82, 2.24) is 4.90 Å². The van der Waals surface area contributed by atoms with Crippen LogP contribution in [-0.4, -0.2) is 55.4 Å². The smallest absolute Gasteiger partial charge is 0.321 e. The monoisotopic (exact) mass is 216 g/mol. The summed E-state index contributed by atoms with van der Waals surface area (Å²) in [6, 6.07) is -0.772. The van der Waals surface area contributed by atoms with Crippen LogP contribution in [0.5, 0.6) is 0 Å². The third-order valence-corrected chi connectivity index (χ3v) is 2.78. The molecule has 0 spiro atoms. The van der Waals surface area contributed by atoms with Crippen LogP contribution in [-0.2, 0) is 9.53 Å². The Kier molecular flexibility index (Phi) is 5.01. The molecule has 1 aliphatic rings. The van der Waals surface area contributed by atoms with Crippen LogP contribution in [0, 0.1) is 5.92 Å². The SMILES string of the molecule is COCC1CCCN(CC(N)C(=O)O)C1. The molecule has 2 unspecified atom stereocenters. The van der Waals surface area contributed by atoms with Gasteiger partial charge in [-0.05, 0) is 25.3 Å². The summed E-state index contributed by atoms with van der Waals surface area (Å²) in [5.41, 5.74) is 5.49. The molecule has 1 rings (SSSR count). The second-order valence-electron chi connectivity index (χ2n) is 4.17. The van der Waals surface area contributed by atoms with Crippen molar-refractivity contribution in [1.29, 1.82) is 0 Å². The molecule has 0 amide bonds. The Morgan fingerprint density at radius 2 is 2.47 bits per heavy atom. The molecule has 1 fully saturated rings. The van der Waals surface area contributed by atoms with Crippen molar-refractivity contribution in [2.75, 3.05) is 33.4 Å². The van der Waals surface area contributed by atoms with E-state index in [1.807, 2.05) is 0 Å². The van der Waals surface area contributed by atoms with E-state index < -0.39 is 12.0 Å². The minimum atomic E-state index is -0.927. The van der Waals surface area contributed by atoms with E-state index >= 15 is 0 Å². The fourth-order valence-electron chi connectivity index (χ4n) is 2.05. The van der Waals surface area contributed by atoms with E-state index in [-0.39, 0.29) is 0 Å². The largest absolute Gasteiger partial charge is 0.480 e. The summed E-state index contributed by atoms with van der Waals surface area (Å²) in [5, 5.41) is 8.71. The molecule has 2 atom stereocenters. The highest BCUT2D eigenvalue weighted by molar-refractivity contribution is 5.73. The van der Waals surface area contributed by atoms with E-state index in [4.69, 9.17) is 15.6 Å². The Labute approximate surface area is 90.2 Å². The number of piperidine rings is 1. The Morgan fingerprint density at radius 1 is 1.73 bits per heavy atom. The van der Waals surface area contributed by atoms with Gasteiger partial charge in [0.25, 0.3) is 0 Å². The summed E-state index contributed by atoms with van der Waals surface area (Å²) in [6.45, 7) is 3.03. The van der Waals surface area contributed by atoms with E-state index in [0.29, 0.717) is 12.5 Å². The average molecular weight is 216 g/mol. The molecule has 0 aromatic rings. The Balaban J connectivity index is 2.32. The summed E-state index contributed by atoms with van der Waals surface area (Å²) in [4.78, 5) is 12.7. The van der Waals surface area contributed by atoms with Crippen LogP contribution in [0.2, 0.25) is 0 Å². The van der Waals surface area contributed by atoms with Crippen LogP contribution in [0.4, 0.5) is 0 Å². The number of rotatable bonds is 5. The number of nitrogens with zero attached hydrogens (tertiary/aromatic N) is 1. The molecule has 15 heavy (non-hydrogen) atoms. The molecule has 0 saturated carbocycles. The van der Waals surface area contributed by atoms with Gasteiger partial charge in [-0.15, -0.1) is 0 Å². The van der Waals surface area contributed by atoms with Gasteiger partial charge in [0.05, 0.1) is 6.61 Å². The van der Waals surface area contributed by atoms with Crippen molar-refractivity contribution in [3.63, 3.8) is 0 Å². The molecule has 0 bridgehead atoms. The molecule has 3 N–H and O–H groups in total. The van der Waals surface area contributed by atoms with Gasteiger partial charge < -0.3 is 20.5 Å². The highest BCUT2D eigenvalue weighted by Gasteiger charge is 2.23. The maximum atomic E-state index is 10.6. The summed E-state index contributed by atoms with van der Waals surface area (Å²) in [5.74, 6) is -0.409. The van der Waals surface area contributed by atoms with Gasteiger partial charge in [0.1, 0.15) is 6.04 Å². The molecule has 1 heterocycles. The van der Waals surface area contributed by atoms with Crippen LogP contribution < -0.4 is 5.73 Å². The molecule has 88 valence electrons. The van der Waals surface area contributed by atoms with Crippen LogP contribution in [0.1, 0.15) is 12.8 Å². The number of methoxy groups -OCH3 is 1. The lowest BCUT2D eigenvalue weighted by molar-refractivity contribution is -0.139. The quantitative estimate of drug-likeness (QED) is 0.663. The van der Waals surface area contributed by atoms with Gasteiger partial charge in [0.2, 0.25) is 0 Å². The van der Waals surface area contributed by atoms with Crippen molar-refractivity contribution >= 4 is 5.97 Å². The highest BCUT2D eigenvalue weighted by atomic mass is 16.5. The first-order valence-corrected chi connectivity index (χ1v) is 5.33. The minimum Gasteiger partial charge on any atom is -0.480 e. The second kappa shape index (κ2) is 6.05. The lowest BCUT2D eigenvalue weighted by atomic mass is 9.98. The van der Waals surface area contributed by atoms with Gasteiger partial charge in [-0.25, -0.2) is 0 Å². The topological polar surface area (TPSA) is 75.8 Å². The molecule has 0 radical (unpaired) electrons. The van der Waals surface area contributed by atoms with Crippen LogP contribution in [0.25, 0.3) is 0 Å². The Bertz CT molecular complexity index is 209. The molecule has 0 aliphatic carbocycles. The number of hydrogen-bond acceptors (Lipinski definition) is 4. The lowest BCUT2D eigenvalue weighted by Crippen LogP contribution is -2.46. The first-order chi connectivity index (χ1) is 7.13. The first-order valence-electron chi connectivity index (χ1n) is 5.33. The molecular formula is C10H20N2O3. The molecule has 5 heteroatoms. The van der Waals surface area contributed by atoms with Gasteiger partial charge in [-0.3, -0.25) is 4.79 Å². The van der Waals surface area contributed by atoms with Crippen molar-refractivity contribution in [3.05, 3.63) is 0 Å². The number of aliphatic carboxylic acids is 1. The number of carboxylic acids is 1. The molecule has 1 aliphatic heterocycles. The van der Waals surface area contributed by atoms with Crippen molar-refractivity contribution in [3.8, 4) is 0 Å². The lowest BCUT2D eigenvalue weighted by Gasteiger charge is -2.33. The maximum Gasteiger partial charge on any atom is 0.321 e. The third-order valence-electron chi connectivity index (χ3n) is 2.78. The number of nitrogens with two attached hydrogens (primary N) is 1. The standard InChI is InChI=1S/C10H20N2O3/c1-15-7-8-3-2-4-12(5-8)6-9(11)10(13)14/h8-9H,2-7,11H2,1H3,(H,13,14). The van der Waals surface area contributed by atoms with E-state index in [1.54, 1.807) is 7.11 Å². The van der Waals surface area contributed by atoms with Crippen LogP contribution >= 0.6 is 0 Å². The molecule has 0 aromatic carbocycles. The summed E-state index contributed by atoms with van der Waals surface area (Å²) < 4.78 is 5.11. The number of carboxylic acid groups (broad SMARTS) is 1. The molecule has 1 saturated heterocycles. The van der Waals surface area contributed by atoms with Crippen molar-refractivity contribution in [2.45, 2.75) is 18.9 Å². The van der Waals surface area contributed by atoms with Gasteiger partial charge >= 0.3 is 5.97 Å². The van der Waals surface area contributed by atoms with Gasteiger partial charge in [-0.1, -0.05) is 0 Å². The second-order valence-corrected chi connectivity index (χ2v) is 4.17. The predicted molar refractivity (Wildman–Crippen MR) is 56.7 cm³/mol. The van der Waals surface area contributed by atoms with Crippen molar-refractivity contribution < 1.29 is 14.6 Å². The molecule has 0 aromatic heterocycles. The number of carbonyl (C=O) groups is 1. The molecular weight excluding hydrogens is 196 g/mol. The fourth-order valence-corrected chi connectivity index (χ4v) is 2.05. The number of hydrogen-bond donors (Lipinski definition) is 2. The summed E-state index contributed by atoms with van der Waals surface area (Å²) in [7, 11) is 1.70. The Hall–Kier alpha value is -0.650. The summed E-state index contributed by atoms with van der Waals surface area (Å²) >= 11 is 0. The first kappa shape index (κ1) is 12.4. The normalized spacial score (nSPS) is 25.1. The average Bonchev–Trinajstić information content (AvgIpc) is 2.18. The zero-order valence-corrected chi connectivity index (χ0v) is 9.19. The molecule has 5 nitrogen and oxygen atoms in total. The van der Waals surface area contributed by atoms with E-state index in [0.717, 1.165) is 32.5 Å². The highest BCUT2D eigenvalue weighted by Crippen LogP contribution is 2.16. The van der Waals surface area contributed by atoms with E-state index in [9.17, 15) is 4.79 Å². The van der Waals surface area contributed by atoms with E-state index in [1.165, 1.54) is 0 Å². The van der Waals surface area contributed by atoms with Crippen LogP contribution in [0.15, 0.2) is 0 Å². The van der Waals surface area contributed by atoms with Crippen molar-refractivity contribution in [2.24, 2.45) is 11.7 Å². The zero-order valence-electron chi connectivity index (χ0n) is 9.19. The van der Waals surface area contributed by atoms with Gasteiger partial charge in [-0.2, -0.15) is 0 Å². The summed E-state index contributed by atoms with van der Waals surface area (Å²) in [6.07, 6.45) is 2.26. The van der Waals surface area contributed by atoms with Crippen LogP contribution in [0.3, 0.4) is 0 Å². The van der Waals surface area contributed by atoms with Gasteiger partial charge in [0.15, 0.2) is 0 Å². The fraction of sp³-hybridized carbons (Fsp3) is 0.900. The van der Waals surface area contributed by atoms with E-state index in [2.05, 4.69) is 4.90 Å².